The van der Waals surface area contributed by atoms with Crippen molar-refractivity contribution in [2.75, 3.05) is 6.61 Å². The Morgan fingerprint density at radius 3 is 1.74 bits per heavy atom. The smallest absolute Gasteiger partial charge is 0.547 e. The number of aliphatic hydroxyl groups excluding tert-OH is 5. The van der Waals surface area contributed by atoms with Crippen LogP contribution in [-0.2, 0) is 58.7 Å². The van der Waals surface area contributed by atoms with Gasteiger partial charge in [-0.2, -0.15) is 0 Å². The SMILES string of the molecule is CC(C)OC(=O)[C@H](O[C@@H]1O[C@@H](C)[C@@H](O)[C@@H](O)[C@@H]1O)[C@@H](O[C@@H]1O[C@H](CO)[C@H](O)[C@H](O[C@H](Cc2ccccc2)C(=O)[O-])[C@H]1OC(=O)c1ccccc1)C(=O)OC(C)C.[Na+]. The van der Waals surface area contributed by atoms with Crippen LogP contribution < -0.4 is 34.7 Å². The number of aliphatic hydroxyl groups is 5. The third-order valence-corrected chi connectivity index (χ3v) is 8.71. The number of carboxylic acid groups (broad SMARTS) is 1. The monoisotopic (exact) mass is 816 g/mol. The van der Waals surface area contributed by atoms with Crippen molar-refractivity contribution in [3.05, 3.63) is 71.8 Å². The molecule has 0 radical (unpaired) electrons. The molecule has 0 aliphatic carbocycles. The molecule has 0 saturated carbocycles. The molecule has 57 heavy (non-hydrogen) atoms. The summed E-state index contributed by atoms with van der Waals surface area (Å²) in [6.45, 7) is 6.31. The zero-order valence-electron chi connectivity index (χ0n) is 32.4. The number of carbonyl (C=O) groups is 4. The van der Waals surface area contributed by atoms with Gasteiger partial charge in [-0.15, -0.1) is 0 Å². The second-order valence-electron chi connectivity index (χ2n) is 13.8. The second-order valence-corrected chi connectivity index (χ2v) is 13.8. The van der Waals surface area contributed by atoms with Crippen LogP contribution in [0.1, 0.15) is 50.5 Å². The van der Waals surface area contributed by atoms with Crippen molar-refractivity contribution in [1.82, 2.24) is 0 Å². The van der Waals surface area contributed by atoms with Gasteiger partial charge >= 0.3 is 47.5 Å². The Balaban J connectivity index is 0.00000870. The van der Waals surface area contributed by atoms with Crippen LogP contribution in [0, 0.1) is 0 Å². The van der Waals surface area contributed by atoms with Gasteiger partial charge in [0.05, 0.1) is 36.5 Å². The van der Waals surface area contributed by atoms with Gasteiger partial charge in [0.15, 0.2) is 30.9 Å². The van der Waals surface area contributed by atoms with Gasteiger partial charge in [-0.05, 0) is 52.3 Å². The fraction of sp³-hybridized carbons (Fsp3) is 0.579. The number of hydrogen-bond donors (Lipinski definition) is 5. The van der Waals surface area contributed by atoms with E-state index in [1.54, 1.807) is 36.4 Å². The van der Waals surface area contributed by atoms with E-state index in [4.69, 9.17) is 37.9 Å². The minimum Gasteiger partial charge on any atom is -0.547 e. The van der Waals surface area contributed by atoms with Gasteiger partial charge in [-0.25, -0.2) is 14.4 Å². The first-order valence-electron chi connectivity index (χ1n) is 18.0. The number of hydrogen-bond acceptors (Lipinski definition) is 18. The average Bonchev–Trinajstić information content (AvgIpc) is 3.15. The minimum atomic E-state index is -2.25. The van der Waals surface area contributed by atoms with Crippen LogP contribution >= 0.6 is 0 Å². The van der Waals surface area contributed by atoms with Crippen LogP contribution in [0.15, 0.2) is 60.7 Å². The van der Waals surface area contributed by atoms with Crippen molar-refractivity contribution >= 4 is 23.9 Å². The molecule has 5 N–H and O–H groups in total. The van der Waals surface area contributed by atoms with E-state index in [-0.39, 0.29) is 41.5 Å². The molecule has 2 heterocycles. The number of benzene rings is 2. The third kappa shape index (κ3) is 13.0. The van der Waals surface area contributed by atoms with Gasteiger partial charge in [0, 0.05) is 6.42 Å². The Kier molecular flexibility index (Phi) is 18.9. The molecule has 19 heteroatoms. The van der Waals surface area contributed by atoms with Crippen molar-refractivity contribution in [2.24, 2.45) is 0 Å². The molecule has 2 aliphatic rings. The Hall–Kier alpha value is -3.08. The molecule has 4 rings (SSSR count). The number of aliphatic carboxylic acids is 1. The maximum absolute atomic E-state index is 13.9. The molecule has 2 aromatic rings. The molecule has 13 atom stereocenters. The minimum absolute atomic E-state index is 0. The predicted octanol–water partition coefficient (Wildman–Crippen LogP) is -4.46. The number of ether oxygens (including phenoxy) is 8. The molecular formula is C38H49NaO18. The Bertz CT molecular complexity index is 1580. The van der Waals surface area contributed by atoms with Gasteiger partial charge in [0.2, 0.25) is 0 Å². The Morgan fingerprint density at radius 2 is 1.23 bits per heavy atom. The summed E-state index contributed by atoms with van der Waals surface area (Å²) in [7, 11) is 0. The standard InChI is InChI=1S/C38H50O18.Na/c1-18(2)49-35(47)30(55-37-28(43)27(42)25(40)20(5)51-37)31(36(48)50-19(3)4)56-38-32(54-34(46)22-14-10-7-11-15-22)29(26(41)24(17-39)53-38)52-23(33(44)45)16-21-12-8-6-9-13-21;/h6-15,18-20,23-32,37-43H,16-17H2,1-5H3,(H,44,45);/q;+1/p-1/t20-,23+,24+,25+,26-,27+,28-,29-,30+,31+,32+,37-,38-;/m0./s1. The van der Waals surface area contributed by atoms with Crippen molar-refractivity contribution in [1.29, 1.82) is 0 Å². The van der Waals surface area contributed by atoms with Gasteiger partial charge in [0.1, 0.15) is 42.7 Å². The first-order chi connectivity index (χ1) is 26.5. The topological polar surface area (TPSA) is 266 Å². The van der Waals surface area contributed by atoms with E-state index in [1.807, 2.05) is 0 Å². The van der Waals surface area contributed by atoms with E-state index < -0.39 is 122 Å². The number of carbonyl (C=O) groups excluding carboxylic acids is 4. The van der Waals surface area contributed by atoms with Gasteiger partial charge in [0.25, 0.3) is 0 Å². The maximum atomic E-state index is 13.9. The summed E-state index contributed by atoms with van der Waals surface area (Å²) in [4.78, 5) is 53.6. The Labute approximate surface area is 351 Å². The largest absolute Gasteiger partial charge is 1.00 e. The van der Waals surface area contributed by atoms with Crippen molar-refractivity contribution in [2.45, 2.75) is 133 Å². The molecule has 18 nitrogen and oxygen atoms in total. The van der Waals surface area contributed by atoms with Gasteiger partial charge in [-0.3, -0.25) is 0 Å². The van der Waals surface area contributed by atoms with Gasteiger partial charge in [-0.1, -0.05) is 48.5 Å². The maximum Gasteiger partial charge on any atom is 1.00 e. The molecule has 0 aromatic heterocycles. The van der Waals surface area contributed by atoms with Crippen LogP contribution in [0.4, 0.5) is 0 Å². The summed E-state index contributed by atoms with van der Waals surface area (Å²) in [5.41, 5.74) is 0.479. The second kappa shape index (κ2) is 22.3. The van der Waals surface area contributed by atoms with E-state index >= 15 is 0 Å². The summed E-state index contributed by atoms with van der Waals surface area (Å²) in [5.74, 6) is -5.32. The fourth-order valence-corrected chi connectivity index (χ4v) is 5.92. The molecule has 2 aromatic carbocycles. The molecule has 0 amide bonds. The molecule has 2 fully saturated rings. The summed E-state index contributed by atoms with van der Waals surface area (Å²) in [6.07, 6.45) is -26.0. The van der Waals surface area contributed by atoms with E-state index in [1.165, 1.54) is 58.9 Å². The summed E-state index contributed by atoms with van der Waals surface area (Å²) in [6, 6.07) is 15.7. The predicted molar refractivity (Wildman–Crippen MR) is 186 cm³/mol. The van der Waals surface area contributed by atoms with Crippen LogP contribution in [0.2, 0.25) is 0 Å². The summed E-state index contributed by atoms with van der Waals surface area (Å²) in [5, 5.41) is 65.6. The van der Waals surface area contributed by atoms with Gasteiger partial charge < -0.3 is 73.3 Å². The normalized spacial score (nSPS) is 29.1. The Morgan fingerprint density at radius 1 is 0.702 bits per heavy atom. The first kappa shape index (κ1) is 48.3. The zero-order valence-corrected chi connectivity index (χ0v) is 34.4. The number of rotatable bonds is 17. The molecule has 2 saturated heterocycles. The van der Waals surface area contributed by atoms with Crippen molar-refractivity contribution in [3.63, 3.8) is 0 Å². The van der Waals surface area contributed by atoms with E-state index in [9.17, 15) is 49.8 Å². The van der Waals surface area contributed by atoms with E-state index in [2.05, 4.69) is 0 Å². The van der Waals surface area contributed by atoms with Crippen molar-refractivity contribution in [3.8, 4) is 0 Å². The van der Waals surface area contributed by atoms with Crippen LogP contribution in [-0.4, -0.2) is 148 Å². The molecule has 0 bridgehead atoms. The molecule has 2 aliphatic heterocycles. The average molecular weight is 817 g/mol. The zero-order chi connectivity index (χ0) is 41.3. The van der Waals surface area contributed by atoms with Crippen molar-refractivity contribution < 1.29 is 117 Å². The summed E-state index contributed by atoms with van der Waals surface area (Å²) < 4.78 is 45.6. The van der Waals surface area contributed by atoms with E-state index in [0.717, 1.165) is 0 Å². The molecule has 0 spiro atoms. The molecular weight excluding hydrogens is 767 g/mol. The number of carboxylic acids is 1. The summed E-state index contributed by atoms with van der Waals surface area (Å²) >= 11 is 0. The molecule has 0 unspecified atom stereocenters. The third-order valence-electron chi connectivity index (χ3n) is 8.71. The molecule has 310 valence electrons. The van der Waals surface area contributed by atoms with E-state index in [0.29, 0.717) is 5.56 Å². The first-order valence-corrected chi connectivity index (χ1v) is 18.0. The fourth-order valence-electron chi connectivity index (χ4n) is 5.92. The van der Waals surface area contributed by atoms with Crippen LogP contribution in [0.25, 0.3) is 0 Å². The van der Waals surface area contributed by atoms with Crippen LogP contribution in [0.3, 0.4) is 0 Å². The quantitative estimate of drug-likeness (QED) is 0.0573. The number of esters is 3. The van der Waals surface area contributed by atoms with Crippen LogP contribution in [0.5, 0.6) is 0 Å².